The zero-order valence-corrected chi connectivity index (χ0v) is 10.3. The normalized spacial score (nSPS) is 10.0. The Labute approximate surface area is 88.0 Å². The predicted octanol–water partition coefficient (Wildman–Crippen LogP) is 0.926. The molecule has 0 saturated heterocycles. The Bertz CT molecular complexity index is 255. The average molecular weight is 289 g/mol. The molecule has 0 aliphatic rings. The molecule has 4 heteroatoms. The molecule has 0 N–H and O–H groups in total. The molecule has 1 rings (SSSR count). The van der Waals surface area contributed by atoms with Gasteiger partial charge in [-0.2, -0.15) is 0 Å². The number of rotatable bonds is 5. The molecule has 1 aromatic rings. The van der Waals surface area contributed by atoms with Crippen molar-refractivity contribution in [1.82, 2.24) is 0 Å². The zero-order chi connectivity index (χ0) is 9.52. The van der Waals surface area contributed by atoms with Crippen molar-refractivity contribution in [3.8, 4) is 5.75 Å². The van der Waals surface area contributed by atoms with Crippen LogP contribution in [0.15, 0.2) is 24.3 Å². The maximum atomic E-state index is 12.6. The van der Waals surface area contributed by atoms with Crippen LogP contribution in [0.5, 0.6) is 5.75 Å². The van der Waals surface area contributed by atoms with Crippen LogP contribution in [0.4, 0.5) is 2.87 Å². The Hall–Kier alpha value is -0.291. The fraction of sp³-hybridized carbons (Fsp3) is 0.333. The minimum atomic E-state index is -1.89. The summed E-state index contributed by atoms with van der Waals surface area (Å²) in [4.78, 5) is 0. The Balaban J connectivity index is 2.54. The second-order valence-corrected chi connectivity index (χ2v) is 4.51. The summed E-state index contributed by atoms with van der Waals surface area (Å²) >= 11 is -1.89. The fourth-order valence-corrected chi connectivity index (χ4v) is 2.07. The monoisotopic (exact) mass is 290 g/mol. The van der Waals surface area contributed by atoms with Crippen LogP contribution in [-0.4, -0.2) is 42.0 Å². The van der Waals surface area contributed by atoms with Gasteiger partial charge in [0, 0.05) is 0 Å². The van der Waals surface area contributed by atoms with Gasteiger partial charge < -0.3 is 0 Å². The van der Waals surface area contributed by atoms with Gasteiger partial charge in [-0.1, -0.05) is 0 Å². The van der Waals surface area contributed by atoms with Gasteiger partial charge in [0.1, 0.15) is 0 Å². The van der Waals surface area contributed by atoms with Crippen LogP contribution in [0.25, 0.3) is 0 Å². The number of benzene rings is 1. The van der Waals surface area contributed by atoms with E-state index in [1.165, 1.54) is 0 Å². The average Bonchev–Trinajstić information content (AvgIpc) is 2.19. The van der Waals surface area contributed by atoms with Crippen molar-refractivity contribution in [2.75, 3.05) is 20.3 Å². The summed E-state index contributed by atoms with van der Waals surface area (Å²) in [6.45, 7) is 1.01. The van der Waals surface area contributed by atoms with Crippen molar-refractivity contribution < 1.29 is 12.3 Å². The van der Waals surface area contributed by atoms with Gasteiger partial charge in [-0.15, -0.1) is 0 Å². The van der Waals surface area contributed by atoms with E-state index in [-0.39, 0.29) is 0 Å². The maximum absolute atomic E-state index is 12.6. The molecule has 0 atom stereocenters. The molecule has 0 heterocycles. The Morgan fingerprint density at radius 2 is 2.08 bits per heavy atom. The van der Waals surface area contributed by atoms with Gasteiger partial charge in [0.15, 0.2) is 0 Å². The van der Waals surface area contributed by atoms with Gasteiger partial charge in [-0.05, 0) is 0 Å². The molecule has 0 aromatic heterocycles. The molecule has 0 aliphatic carbocycles. The molecular formula is C9H11FO2Sn. The summed E-state index contributed by atoms with van der Waals surface area (Å²) in [6.07, 6.45) is 0. The van der Waals surface area contributed by atoms with Crippen molar-refractivity contribution in [2.24, 2.45) is 0 Å². The van der Waals surface area contributed by atoms with E-state index >= 15 is 0 Å². The molecule has 0 saturated carbocycles. The first-order valence-electron chi connectivity index (χ1n) is 3.96. The van der Waals surface area contributed by atoms with Crippen LogP contribution >= 0.6 is 0 Å². The quantitative estimate of drug-likeness (QED) is 0.593. The fourth-order valence-electron chi connectivity index (χ4n) is 0.906. The van der Waals surface area contributed by atoms with Crippen molar-refractivity contribution in [3.05, 3.63) is 24.3 Å². The molecule has 0 unspecified atom stereocenters. The minimum absolute atomic E-state index is 0.479. The molecule has 2 nitrogen and oxygen atoms in total. The number of hydrogen-bond donors (Lipinski definition) is 0. The summed E-state index contributed by atoms with van der Waals surface area (Å²) in [5, 5.41) is 0. The van der Waals surface area contributed by atoms with Gasteiger partial charge in [0.2, 0.25) is 0 Å². The zero-order valence-electron chi connectivity index (χ0n) is 7.42. The van der Waals surface area contributed by atoms with E-state index in [0.29, 0.717) is 19.0 Å². The van der Waals surface area contributed by atoms with Crippen molar-refractivity contribution in [2.45, 2.75) is 0 Å². The second kappa shape index (κ2) is 6.21. The van der Waals surface area contributed by atoms with Crippen LogP contribution in [0.3, 0.4) is 0 Å². The standard InChI is InChI=1S/C9H11O2.FH.Sn/c1-10-7-8-11-9-5-3-2-4-6-9;;/h2-5H,7-8H2,1H3;1H;/q;;+1/p-1. The van der Waals surface area contributed by atoms with Crippen LogP contribution in [-0.2, 0) is 4.74 Å². The van der Waals surface area contributed by atoms with Gasteiger partial charge in [0.05, 0.1) is 0 Å². The molecule has 0 aliphatic heterocycles. The molecule has 0 bridgehead atoms. The van der Waals surface area contributed by atoms with Crippen LogP contribution < -0.4 is 8.32 Å². The van der Waals surface area contributed by atoms with E-state index < -0.39 is 21.7 Å². The van der Waals surface area contributed by atoms with Crippen LogP contribution in [0.1, 0.15) is 0 Å². The SMILES string of the molecule is COCCOc1cccc[c]1[Sn][F]. The summed E-state index contributed by atoms with van der Waals surface area (Å²) < 4.78 is 23.5. The van der Waals surface area contributed by atoms with E-state index in [9.17, 15) is 2.87 Å². The number of para-hydroxylation sites is 1. The van der Waals surface area contributed by atoms with Gasteiger partial charge in [-0.3, -0.25) is 0 Å². The molecule has 0 fully saturated rings. The first kappa shape index (κ1) is 10.8. The molecule has 0 amide bonds. The topological polar surface area (TPSA) is 18.5 Å². The number of methoxy groups -OCH3 is 1. The summed E-state index contributed by atoms with van der Waals surface area (Å²) in [5.74, 6) is 0.675. The van der Waals surface area contributed by atoms with E-state index in [1.807, 2.05) is 12.1 Å². The van der Waals surface area contributed by atoms with Crippen molar-refractivity contribution >= 4 is 25.3 Å². The molecule has 1 aromatic carbocycles. The van der Waals surface area contributed by atoms with Gasteiger partial charge in [-0.25, -0.2) is 0 Å². The van der Waals surface area contributed by atoms with E-state index in [0.717, 1.165) is 3.58 Å². The molecular weight excluding hydrogens is 278 g/mol. The second-order valence-electron chi connectivity index (χ2n) is 2.43. The summed E-state index contributed by atoms with van der Waals surface area (Å²) in [6, 6.07) is 7.26. The predicted molar refractivity (Wildman–Crippen MR) is 50.3 cm³/mol. The third-order valence-corrected chi connectivity index (χ3v) is 3.29. The number of hydrogen-bond acceptors (Lipinski definition) is 2. The van der Waals surface area contributed by atoms with E-state index in [4.69, 9.17) is 9.47 Å². The van der Waals surface area contributed by atoms with Crippen LogP contribution in [0, 0.1) is 0 Å². The van der Waals surface area contributed by atoms with E-state index in [1.54, 1.807) is 19.2 Å². The molecule has 70 valence electrons. The van der Waals surface area contributed by atoms with E-state index in [2.05, 4.69) is 0 Å². The summed E-state index contributed by atoms with van der Waals surface area (Å²) in [5.41, 5.74) is 0. The first-order chi connectivity index (χ1) is 6.38. The first-order valence-corrected chi connectivity index (χ1v) is 6.46. The van der Waals surface area contributed by atoms with Crippen molar-refractivity contribution in [1.29, 1.82) is 0 Å². The number of halogens is 1. The van der Waals surface area contributed by atoms with Gasteiger partial charge in [0.25, 0.3) is 0 Å². The summed E-state index contributed by atoms with van der Waals surface area (Å²) in [7, 11) is 1.61. The number of ether oxygens (including phenoxy) is 2. The molecule has 2 radical (unpaired) electrons. The Morgan fingerprint density at radius 3 is 2.77 bits per heavy atom. The Morgan fingerprint density at radius 1 is 1.31 bits per heavy atom. The van der Waals surface area contributed by atoms with Gasteiger partial charge >= 0.3 is 88.0 Å². The third kappa shape index (κ3) is 3.52. The van der Waals surface area contributed by atoms with Crippen LogP contribution in [0.2, 0.25) is 0 Å². The van der Waals surface area contributed by atoms with Crippen molar-refractivity contribution in [3.63, 3.8) is 0 Å². The third-order valence-electron chi connectivity index (χ3n) is 1.53. The molecule has 13 heavy (non-hydrogen) atoms. The Kier molecular flexibility index (Phi) is 5.15. The molecule has 0 spiro atoms.